The lowest BCUT2D eigenvalue weighted by Gasteiger charge is -2.26. The Kier molecular flexibility index (Phi) is 6.50. The van der Waals surface area contributed by atoms with Crippen LogP contribution in [0.2, 0.25) is 5.02 Å². The molecule has 2 aliphatic rings. The number of ether oxygens (including phenoxy) is 1. The maximum atomic E-state index is 13.3. The first-order chi connectivity index (χ1) is 16.4. The molecule has 2 saturated heterocycles. The van der Waals surface area contributed by atoms with E-state index in [4.69, 9.17) is 21.3 Å². The normalized spacial score (nSPS) is 18.4. The van der Waals surface area contributed by atoms with Crippen molar-refractivity contribution in [3.05, 3.63) is 35.0 Å². The third-order valence-electron chi connectivity index (χ3n) is 6.14. The molecule has 12 heteroatoms. The number of hydrogen-bond acceptors (Lipinski definition) is 7. The van der Waals surface area contributed by atoms with Crippen molar-refractivity contribution in [1.82, 2.24) is 24.8 Å². The highest BCUT2D eigenvalue weighted by molar-refractivity contribution is 6.31. The minimum atomic E-state index is -4.51. The second-order valence-corrected chi connectivity index (χ2v) is 9.01. The van der Waals surface area contributed by atoms with Crippen LogP contribution < -0.4 is 16.0 Å². The van der Waals surface area contributed by atoms with Gasteiger partial charge in [-0.3, -0.25) is 4.57 Å². The predicted molar refractivity (Wildman–Crippen MR) is 124 cm³/mol. The van der Waals surface area contributed by atoms with Gasteiger partial charge in [-0.05, 0) is 57.0 Å². The number of nitrogens with zero attached hydrogens (tertiary/aromatic N) is 4. The van der Waals surface area contributed by atoms with Crippen molar-refractivity contribution in [1.29, 1.82) is 0 Å². The van der Waals surface area contributed by atoms with Crippen LogP contribution in [0.5, 0.6) is 0 Å². The van der Waals surface area contributed by atoms with Gasteiger partial charge in [0.25, 0.3) is 0 Å². The van der Waals surface area contributed by atoms with Gasteiger partial charge in [0, 0.05) is 36.0 Å². The van der Waals surface area contributed by atoms with Crippen LogP contribution in [0.25, 0.3) is 11.2 Å². The first-order valence-electron chi connectivity index (χ1n) is 11.3. The van der Waals surface area contributed by atoms with Gasteiger partial charge in [0.1, 0.15) is 5.52 Å². The molecule has 1 aromatic carbocycles. The van der Waals surface area contributed by atoms with Crippen molar-refractivity contribution in [2.45, 2.75) is 43.9 Å². The molecular weight excluding hydrogens is 471 g/mol. The van der Waals surface area contributed by atoms with Crippen LogP contribution in [-0.4, -0.2) is 51.9 Å². The van der Waals surface area contributed by atoms with Crippen LogP contribution in [0.15, 0.2) is 24.4 Å². The van der Waals surface area contributed by atoms with E-state index >= 15 is 0 Å². The quantitative estimate of drug-likeness (QED) is 0.470. The zero-order valence-corrected chi connectivity index (χ0v) is 19.1. The Hall–Kier alpha value is -2.63. The summed E-state index contributed by atoms with van der Waals surface area (Å²) < 4.78 is 47.3. The van der Waals surface area contributed by atoms with Crippen molar-refractivity contribution < 1.29 is 17.9 Å². The van der Waals surface area contributed by atoms with Gasteiger partial charge in [0.2, 0.25) is 11.9 Å². The molecule has 3 aromatic rings. The molecule has 0 unspecified atom stereocenters. The van der Waals surface area contributed by atoms with Gasteiger partial charge < -0.3 is 20.7 Å². The highest BCUT2D eigenvalue weighted by Gasteiger charge is 2.31. The van der Waals surface area contributed by atoms with Crippen LogP contribution in [0, 0.1) is 0 Å². The number of halogens is 4. The molecule has 8 nitrogen and oxygen atoms in total. The minimum Gasteiger partial charge on any atom is -0.381 e. The van der Waals surface area contributed by atoms with Crippen LogP contribution in [0.4, 0.5) is 30.8 Å². The van der Waals surface area contributed by atoms with E-state index in [1.54, 1.807) is 6.20 Å². The number of fused-ring (bicyclic) bond motifs is 1. The molecule has 4 heterocycles. The summed E-state index contributed by atoms with van der Waals surface area (Å²) in [7, 11) is 0. The standard InChI is InChI=1S/C22H25ClF3N7O/c23-14-9-13(22(24,25)26)10-16(11-14)30-21-31-18-12-28-20(29-15-3-7-34-8-4-15)32-19(18)33(21)17-1-5-27-6-2-17/h9-12,15,17,27H,1-8H2,(H,30,31)(H,28,29,32). The molecule has 0 radical (unpaired) electrons. The molecule has 5 rings (SSSR count). The number of hydrogen-bond donors (Lipinski definition) is 3. The smallest absolute Gasteiger partial charge is 0.381 e. The maximum absolute atomic E-state index is 13.3. The number of anilines is 3. The van der Waals surface area contributed by atoms with E-state index in [0.717, 1.165) is 50.9 Å². The predicted octanol–water partition coefficient (Wildman–Crippen LogP) is 4.76. The molecule has 2 aromatic heterocycles. The third kappa shape index (κ3) is 5.06. The van der Waals surface area contributed by atoms with E-state index < -0.39 is 11.7 Å². The Morgan fingerprint density at radius 1 is 1.06 bits per heavy atom. The van der Waals surface area contributed by atoms with E-state index in [-0.39, 0.29) is 22.8 Å². The molecule has 0 spiro atoms. The number of imidazole rings is 1. The molecule has 34 heavy (non-hydrogen) atoms. The Morgan fingerprint density at radius 2 is 1.82 bits per heavy atom. The first kappa shape index (κ1) is 23.1. The van der Waals surface area contributed by atoms with Crippen LogP contribution in [0.3, 0.4) is 0 Å². The molecular formula is C22H25ClF3N7O. The van der Waals surface area contributed by atoms with Crippen molar-refractivity contribution in [2.75, 3.05) is 36.9 Å². The number of aromatic nitrogens is 4. The fourth-order valence-electron chi connectivity index (χ4n) is 4.44. The number of nitrogens with one attached hydrogen (secondary N) is 3. The molecule has 0 bridgehead atoms. The molecule has 0 atom stereocenters. The van der Waals surface area contributed by atoms with Gasteiger partial charge in [0.05, 0.1) is 11.8 Å². The van der Waals surface area contributed by atoms with Crippen molar-refractivity contribution in [3.63, 3.8) is 0 Å². The van der Waals surface area contributed by atoms with E-state index in [9.17, 15) is 13.2 Å². The maximum Gasteiger partial charge on any atom is 0.416 e. The van der Waals surface area contributed by atoms with Gasteiger partial charge in [-0.15, -0.1) is 0 Å². The average molecular weight is 496 g/mol. The van der Waals surface area contributed by atoms with Crippen LogP contribution in [0.1, 0.15) is 37.3 Å². The summed E-state index contributed by atoms with van der Waals surface area (Å²) >= 11 is 5.99. The van der Waals surface area contributed by atoms with Crippen molar-refractivity contribution >= 4 is 40.3 Å². The lowest BCUT2D eigenvalue weighted by molar-refractivity contribution is -0.137. The summed E-state index contributed by atoms with van der Waals surface area (Å²) in [5, 5.41) is 9.76. The summed E-state index contributed by atoms with van der Waals surface area (Å²) in [5.41, 5.74) is 0.585. The molecule has 3 N–H and O–H groups in total. The fourth-order valence-corrected chi connectivity index (χ4v) is 4.67. The molecule has 182 valence electrons. The Morgan fingerprint density at radius 3 is 2.56 bits per heavy atom. The van der Waals surface area contributed by atoms with E-state index in [2.05, 4.69) is 25.9 Å². The highest BCUT2D eigenvalue weighted by atomic mass is 35.5. The molecule has 2 fully saturated rings. The Balaban J connectivity index is 1.52. The van der Waals surface area contributed by atoms with Crippen LogP contribution >= 0.6 is 11.6 Å². The summed E-state index contributed by atoms with van der Waals surface area (Å²) in [5.74, 6) is 0.915. The summed E-state index contributed by atoms with van der Waals surface area (Å²) in [6.45, 7) is 3.05. The lowest BCUT2D eigenvalue weighted by Crippen LogP contribution is -2.30. The van der Waals surface area contributed by atoms with Gasteiger partial charge in [0.15, 0.2) is 5.65 Å². The molecule has 2 aliphatic heterocycles. The Bertz CT molecular complexity index is 1160. The largest absolute Gasteiger partial charge is 0.416 e. The zero-order valence-electron chi connectivity index (χ0n) is 18.3. The van der Waals surface area contributed by atoms with Crippen molar-refractivity contribution in [3.8, 4) is 0 Å². The number of rotatable bonds is 5. The topological polar surface area (TPSA) is 88.9 Å². The van der Waals surface area contributed by atoms with E-state index in [0.29, 0.717) is 36.3 Å². The minimum absolute atomic E-state index is 0.00964. The second kappa shape index (κ2) is 9.55. The zero-order chi connectivity index (χ0) is 23.7. The Labute approximate surface area is 199 Å². The summed E-state index contributed by atoms with van der Waals surface area (Å²) in [4.78, 5) is 13.8. The molecule has 0 saturated carbocycles. The highest BCUT2D eigenvalue weighted by Crippen LogP contribution is 2.35. The van der Waals surface area contributed by atoms with Gasteiger partial charge >= 0.3 is 6.18 Å². The van der Waals surface area contributed by atoms with Gasteiger partial charge in [-0.1, -0.05) is 11.6 Å². The average Bonchev–Trinajstić information content (AvgIpc) is 3.16. The molecule has 0 amide bonds. The van der Waals surface area contributed by atoms with Crippen LogP contribution in [-0.2, 0) is 10.9 Å². The number of benzene rings is 1. The SMILES string of the molecule is FC(F)(F)c1cc(Cl)cc(Nc2nc3cnc(NC4CCOCC4)nc3n2C2CCNCC2)c1. The monoisotopic (exact) mass is 495 g/mol. The van der Waals surface area contributed by atoms with Crippen molar-refractivity contribution in [2.24, 2.45) is 0 Å². The summed E-state index contributed by atoms with van der Waals surface area (Å²) in [6, 6.07) is 3.70. The fraction of sp³-hybridized carbons (Fsp3) is 0.500. The van der Waals surface area contributed by atoms with Gasteiger partial charge in [-0.25, -0.2) is 9.97 Å². The molecule has 0 aliphatic carbocycles. The number of piperidine rings is 1. The van der Waals surface area contributed by atoms with E-state index in [1.165, 1.54) is 6.07 Å². The number of alkyl halides is 3. The second-order valence-electron chi connectivity index (χ2n) is 8.57. The lowest BCUT2D eigenvalue weighted by atomic mass is 10.1. The first-order valence-corrected chi connectivity index (χ1v) is 11.7. The third-order valence-corrected chi connectivity index (χ3v) is 6.36. The summed E-state index contributed by atoms with van der Waals surface area (Å²) in [6.07, 6.45) is 0.571. The van der Waals surface area contributed by atoms with E-state index in [1.807, 2.05) is 4.57 Å². The van der Waals surface area contributed by atoms with Gasteiger partial charge in [-0.2, -0.15) is 18.2 Å².